The number of nitro groups is 1. The zero-order valence-corrected chi connectivity index (χ0v) is 10.4. The van der Waals surface area contributed by atoms with Crippen molar-refractivity contribution in [3.8, 4) is 11.5 Å². The van der Waals surface area contributed by atoms with Crippen LogP contribution in [-0.4, -0.2) is 25.7 Å². The van der Waals surface area contributed by atoms with Crippen LogP contribution in [0.4, 0.5) is 5.69 Å². The summed E-state index contributed by atoms with van der Waals surface area (Å²) in [6.07, 6.45) is 1.92. The van der Waals surface area contributed by atoms with Crippen molar-refractivity contribution in [2.75, 3.05) is 20.8 Å². The summed E-state index contributed by atoms with van der Waals surface area (Å²) in [6, 6.07) is 3.14. The van der Waals surface area contributed by atoms with Gasteiger partial charge in [0.1, 0.15) is 0 Å². The average molecular weight is 252 g/mol. The van der Waals surface area contributed by atoms with Crippen LogP contribution < -0.4 is 14.8 Å². The molecule has 0 aliphatic carbocycles. The Labute approximate surface area is 105 Å². The van der Waals surface area contributed by atoms with E-state index in [0.29, 0.717) is 17.1 Å². The number of benzene rings is 1. The third-order valence-corrected chi connectivity index (χ3v) is 3.17. The van der Waals surface area contributed by atoms with Crippen LogP contribution in [0.1, 0.15) is 24.4 Å². The second kappa shape index (κ2) is 5.22. The molecule has 1 aliphatic rings. The molecule has 0 unspecified atom stereocenters. The lowest BCUT2D eigenvalue weighted by molar-refractivity contribution is -0.385. The summed E-state index contributed by atoms with van der Waals surface area (Å²) in [5.74, 6) is 0.901. The fraction of sp³-hybridized carbons (Fsp3) is 0.500. The van der Waals surface area contributed by atoms with Gasteiger partial charge in [-0.3, -0.25) is 10.1 Å². The lowest BCUT2D eigenvalue weighted by Crippen LogP contribution is -2.14. The van der Waals surface area contributed by atoms with E-state index in [1.807, 2.05) is 0 Å². The van der Waals surface area contributed by atoms with Crippen molar-refractivity contribution in [2.45, 2.75) is 18.9 Å². The van der Waals surface area contributed by atoms with Gasteiger partial charge >= 0.3 is 0 Å². The number of rotatable bonds is 4. The van der Waals surface area contributed by atoms with Gasteiger partial charge in [0.15, 0.2) is 11.5 Å². The predicted octanol–water partition coefficient (Wildman–Crippen LogP) is 2.04. The van der Waals surface area contributed by atoms with E-state index in [9.17, 15) is 10.1 Å². The van der Waals surface area contributed by atoms with E-state index in [0.717, 1.165) is 19.4 Å². The maximum Gasteiger partial charge on any atom is 0.278 e. The molecule has 0 saturated carbocycles. The molecule has 0 aromatic heterocycles. The molecule has 0 bridgehead atoms. The first-order valence-corrected chi connectivity index (χ1v) is 5.81. The third kappa shape index (κ3) is 2.24. The number of hydrogen-bond acceptors (Lipinski definition) is 5. The number of methoxy groups -OCH3 is 2. The number of hydrogen-bond donors (Lipinski definition) is 1. The van der Waals surface area contributed by atoms with Crippen LogP contribution in [0.15, 0.2) is 12.1 Å². The van der Waals surface area contributed by atoms with E-state index < -0.39 is 0 Å². The van der Waals surface area contributed by atoms with Crippen LogP contribution in [0.25, 0.3) is 0 Å². The lowest BCUT2D eigenvalue weighted by Gasteiger charge is -2.14. The van der Waals surface area contributed by atoms with Crippen molar-refractivity contribution in [1.29, 1.82) is 0 Å². The first kappa shape index (κ1) is 12.6. The number of ether oxygens (including phenoxy) is 2. The Hall–Kier alpha value is -1.82. The van der Waals surface area contributed by atoms with Crippen LogP contribution in [0.3, 0.4) is 0 Å². The molecular weight excluding hydrogens is 236 g/mol. The van der Waals surface area contributed by atoms with Gasteiger partial charge in [0.2, 0.25) is 0 Å². The van der Waals surface area contributed by atoms with E-state index in [-0.39, 0.29) is 16.7 Å². The zero-order chi connectivity index (χ0) is 13.1. The fourth-order valence-electron chi connectivity index (χ4n) is 2.27. The molecule has 1 aliphatic heterocycles. The summed E-state index contributed by atoms with van der Waals surface area (Å²) in [5.41, 5.74) is 0.738. The van der Waals surface area contributed by atoms with Gasteiger partial charge in [0.25, 0.3) is 5.69 Å². The molecule has 1 N–H and O–H groups in total. The third-order valence-electron chi connectivity index (χ3n) is 3.17. The average Bonchev–Trinajstić information content (AvgIpc) is 2.90. The van der Waals surface area contributed by atoms with Gasteiger partial charge in [-0.05, 0) is 25.5 Å². The molecule has 6 heteroatoms. The van der Waals surface area contributed by atoms with Gasteiger partial charge in [-0.15, -0.1) is 0 Å². The molecule has 0 radical (unpaired) electrons. The van der Waals surface area contributed by atoms with E-state index in [4.69, 9.17) is 9.47 Å². The maximum atomic E-state index is 11.1. The molecule has 1 heterocycles. The van der Waals surface area contributed by atoms with E-state index in [2.05, 4.69) is 5.32 Å². The molecule has 18 heavy (non-hydrogen) atoms. The molecule has 98 valence electrons. The molecule has 0 spiro atoms. The van der Waals surface area contributed by atoms with Crippen molar-refractivity contribution in [1.82, 2.24) is 5.32 Å². The topological polar surface area (TPSA) is 73.6 Å². The van der Waals surface area contributed by atoms with Crippen molar-refractivity contribution >= 4 is 5.69 Å². The maximum absolute atomic E-state index is 11.1. The lowest BCUT2D eigenvalue weighted by atomic mass is 10.0. The Balaban J connectivity index is 2.50. The molecule has 0 amide bonds. The monoisotopic (exact) mass is 252 g/mol. The van der Waals surface area contributed by atoms with Gasteiger partial charge < -0.3 is 14.8 Å². The number of nitrogens with one attached hydrogen (secondary N) is 1. The second-order valence-electron chi connectivity index (χ2n) is 4.17. The Bertz CT molecular complexity index is 456. The highest BCUT2D eigenvalue weighted by atomic mass is 16.6. The summed E-state index contributed by atoms with van der Waals surface area (Å²) < 4.78 is 10.3. The minimum Gasteiger partial charge on any atom is -0.493 e. The zero-order valence-electron chi connectivity index (χ0n) is 10.4. The molecule has 1 aromatic rings. The van der Waals surface area contributed by atoms with Gasteiger partial charge in [-0.25, -0.2) is 0 Å². The van der Waals surface area contributed by atoms with E-state index in [1.165, 1.54) is 20.3 Å². The largest absolute Gasteiger partial charge is 0.493 e. The normalized spacial score (nSPS) is 18.7. The highest BCUT2D eigenvalue weighted by Crippen LogP contribution is 2.39. The molecular formula is C12H16N2O4. The summed E-state index contributed by atoms with van der Waals surface area (Å²) in [6.45, 7) is 0.885. The van der Waals surface area contributed by atoms with Crippen molar-refractivity contribution in [2.24, 2.45) is 0 Å². The van der Waals surface area contributed by atoms with Gasteiger partial charge in [0, 0.05) is 6.04 Å². The SMILES string of the molecule is COc1cc([C@@H]2CCCN2)c([N+](=O)[O-])cc1OC. The minimum absolute atomic E-state index is 0.0187. The van der Waals surface area contributed by atoms with E-state index >= 15 is 0 Å². The molecule has 1 fully saturated rings. The molecule has 1 atom stereocenters. The summed E-state index contributed by atoms with van der Waals surface area (Å²) in [7, 11) is 2.99. The van der Waals surface area contributed by atoms with Crippen molar-refractivity contribution in [3.63, 3.8) is 0 Å². The second-order valence-corrected chi connectivity index (χ2v) is 4.17. The van der Waals surface area contributed by atoms with Gasteiger partial charge in [0.05, 0.1) is 30.8 Å². The van der Waals surface area contributed by atoms with Crippen molar-refractivity contribution < 1.29 is 14.4 Å². The van der Waals surface area contributed by atoms with Crippen LogP contribution in [-0.2, 0) is 0 Å². The first-order valence-electron chi connectivity index (χ1n) is 5.81. The van der Waals surface area contributed by atoms with Gasteiger partial charge in [-0.1, -0.05) is 0 Å². The number of nitro benzene ring substituents is 1. The van der Waals surface area contributed by atoms with Crippen LogP contribution in [0.5, 0.6) is 11.5 Å². The predicted molar refractivity (Wildman–Crippen MR) is 66.2 cm³/mol. The van der Waals surface area contributed by atoms with Crippen LogP contribution >= 0.6 is 0 Å². The Kier molecular flexibility index (Phi) is 3.66. The summed E-state index contributed by atoms with van der Waals surface area (Å²) in [4.78, 5) is 10.7. The van der Waals surface area contributed by atoms with Crippen LogP contribution in [0.2, 0.25) is 0 Å². The smallest absolute Gasteiger partial charge is 0.278 e. The fourth-order valence-corrected chi connectivity index (χ4v) is 2.27. The Morgan fingerprint density at radius 2 is 2.00 bits per heavy atom. The summed E-state index contributed by atoms with van der Waals surface area (Å²) in [5, 5.41) is 14.4. The molecule has 2 rings (SSSR count). The summed E-state index contributed by atoms with van der Waals surface area (Å²) >= 11 is 0. The minimum atomic E-state index is -0.378. The van der Waals surface area contributed by atoms with Crippen molar-refractivity contribution in [3.05, 3.63) is 27.8 Å². The quantitative estimate of drug-likeness (QED) is 0.655. The van der Waals surface area contributed by atoms with Gasteiger partial charge in [-0.2, -0.15) is 0 Å². The molecule has 1 saturated heterocycles. The highest BCUT2D eigenvalue weighted by Gasteiger charge is 2.27. The first-order chi connectivity index (χ1) is 8.67. The number of nitrogens with zero attached hydrogens (tertiary/aromatic N) is 1. The Morgan fingerprint density at radius 3 is 2.50 bits per heavy atom. The molecule has 1 aromatic carbocycles. The highest BCUT2D eigenvalue weighted by molar-refractivity contribution is 5.55. The Morgan fingerprint density at radius 1 is 1.33 bits per heavy atom. The van der Waals surface area contributed by atoms with E-state index in [1.54, 1.807) is 6.07 Å². The standard InChI is InChI=1S/C12H16N2O4/c1-17-11-6-8(9-4-3-5-13-9)10(14(15)16)7-12(11)18-2/h6-7,9,13H,3-5H2,1-2H3/t9-/m0/s1. The van der Waals surface area contributed by atoms with Crippen LogP contribution in [0, 0.1) is 10.1 Å². The molecule has 6 nitrogen and oxygen atoms in total.